The summed E-state index contributed by atoms with van der Waals surface area (Å²) >= 11 is 0. The molecule has 0 saturated heterocycles. The number of nitrogens with two attached hydrogens (primary N) is 1. The average Bonchev–Trinajstić information content (AvgIpc) is 3.10. The largest absolute Gasteiger partial charge is 0.366 e. The molecule has 5 nitrogen and oxygen atoms in total. The molecule has 132 valence electrons. The third kappa shape index (κ3) is 3.43. The summed E-state index contributed by atoms with van der Waals surface area (Å²) in [6, 6.07) is 13.4. The van der Waals surface area contributed by atoms with Gasteiger partial charge in [0.1, 0.15) is 0 Å². The number of hydrogen-bond donors (Lipinski definition) is 3. The fraction of sp³-hybridized carbons (Fsp3) is 0.143. The summed E-state index contributed by atoms with van der Waals surface area (Å²) in [5.74, 6) is -0.446. The van der Waals surface area contributed by atoms with Gasteiger partial charge in [0.05, 0.1) is 11.1 Å². The molecule has 3 aromatic rings. The van der Waals surface area contributed by atoms with Gasteiger partial charge in [-0.05, 0) is 35.9 Å². The molecule has 1 aromatic heterocycles. The minimum atomic E-state index is -0.466. The molecule has 0 bridgehead atoms. The van der Waals surface area contributed by atoms with Gasteiger partial charge in [0.25, 0.3) is 5.91 Å². The van der Waals surface area contributed by atoms with Crippen molar-refractivity contribution in [2.45, 2.75) is 6.42 Å². The number of ketones is 1. The van der Waals surface area contributed by atoms with Gasteiger partial charge in [-0.25, -0.2) is 0 Å². The van der Waals surface area contributed by atoms with Crippen LogP contribution in [0.2, 0.25) is 0 Å². The van der Waals surface area contributed by atoms with E-state index in [1.54, 1.807) is 19.3 Å². The molecule has 0 unspecified atom stereocenters. The van der Waals surface area contributed by atoms with E-state index in [9.17, 15) is 9.59 Å². The molecule has 4 N–H and O–H groups in total. The Morgan fingerprint density at radius 1 is 1.19 bits per heavy atom. The molecule has 0 saturated carbocycles. The standard InChI is InChI=1S/C21H21N3O2/c1-13(12-23-2)19(25)11-14-4-3-5-15(10-14)16-6-7-18(21(22)26)20-17(16)8-9-24-20/h3-10,23-24H,1,11-12H2,2H3,(H2,22,26). The Labute approximate surface area is 151 Å². The highest BCUT2D eigenvalue weighted by Gasteiger charge is 2.13. The van der Waals surface area contributed by atoms with Gasteiger partial charge in [-0.3, -0.25) is 9.59 Å². The first-order chi connectivity index (χ1) is 12.5. The Hall–Kier alpha value is -3.18. The second kappa shape index (κ2) is 7.37. The molecule has 0 fully saturated rings. The molecule has 0 spiro atoms. The second-order valence-electron chi connectivity index (χ2n) is 6.23. The third-order valence-electron chi connectivity index (χ3n) is 4.38. The van der Waals surface area contributed by atoms with Crippen LogP contribution in [-0.4, -0.2) is 30.3 Å². The minimum Gasteiger partial charge on any atom is -0.366 e. The van der Waals surface area contributed by atoms with Crippen LogP contribution in [0.15, 0.2) is 60.8 Å². The van der Waals surface area contributed by atoms with Crippen molar-refractivity contribution in [2.24, 2.45) is 5.73 Å². The van der Waals surface area contributed by atoms with Crippen LogP contribution < -0.4 is 11.1 Å². The lowest BCUT2D eigenvalue weighted by atomic mass is 9.95. The topological polar surface area (TPSA) is 88.0 Å². The van der Waals surface area contributed by atoms with E-state index in [-0.39, 0.29) is 5.78 Å². The van der Waals surface area contributed by atoms with Crippen molar-refractivity contribution >= 4 is 22.6 Å². The van der Waals surface area contributed by atoms with Crippen molar-refractivity contribution in [1.82, 2.24) is 10.3 Å². The van der Waals surface area contributed by atoms with Gasteiger partial charge in [0, 0.05) is 30.1 Å². The quantitative estimate of drug-likeness (QED) is 0.574. The Morgan fingerprint density at radius 2 is 2.00 bits per heavy atom. The van der Waals surface area contributed by atoms with E-state index in [0.717, 1.165) is 27.6 Å². The number of fused-ring (bicyclic) bond motifs is 1. The predicted molar refractivity (Wildman–Crippen MR) is 104 cm³/mol. The van der Waals surface area contributed by atoms with Crippen LogP contribution in [0.25, 0.3) is 22.0 Å². The molecule has 0 aliphatic carbocycles. The summed E-state index contributed by atoms with van der Waals surface area (Å²) in [5, 5.41) is 3.86. The maximum atomic E-state index is 12.2. The van der Waals surface area contributed by atoms with Crippen LogP contribution in [0.4, 0.5) is 0 Å². The van der Waals surface area contributed by atoms with Crippen LogP contribution in [0.1, 0.15) is 15.9 Å². The summed E-state index contributed by atoms with van der Waals surface area (Å²) in [6.45, 7) is 4.30. The first kappa shape index (κ1) is 17.6. The van der Waals surface area contributed by atoms with E-state index >= 15 is 0 Å². The number of amides is 1. The molecule has 5 heteroatoms. The minimum absolute atomic E-state index is 0.0207. The van der Waals surface area contributed by atoms with Crippen molar-refractivity contribution in [2.75, 3.05) is 13.6 Å². The fourth-order valence-corrected chi connectivity index (χ4v) is 3.08. The number of benzene rings is 2. The zero-order valence-electron chi connectivity index (χ0n) is 14.6. The van der Waals surface area contributed by atoms with Crippen molar-refractivity contribution in [3.8, 4) is 11.1 Å². The Bertz CT molecular complexity index is 1000. The SMILES string of the molecule is C=C(CNC)C(=O)Cc1cccc(-c2ccc(C(N)=O)c3[nH]ccc23)c1. The number of rotatable bonds is 7. The number of carbonyl (C=O) groups excluding carboxylic acids is 2. The van der Waals surface area contributed by atoms with Crippen molar-refractivity contribution in [3.63, 3.8) is 0 Å². The predicted octanol–water partition coefficient (Wildman–Crippen LogP) is 2.82. The maximum absolute atomic E-state index is 12.2. The monoisotopic (exact) mass is 347 g/mol. The van der Waals surface area contributed by atoms with E-state index in [4.69, 9.17) is 5.73 Å². The van der Waals surface area contributed by atoms with E-state index in [2.05, 4.69) is 16.9 Å². The van der Waals surface area contributed by atoms with Gasteiger partial charge >= 0.3 is 0 Å². The normalized spacial score (nSPS) is 10.8. The fourth-order valence-electron chi connectivity index (χ4n) is 3.08. The second-order valence-corrected chi connectivity index (χ2v) is 6.23. The lowest BCUT2D eigenvalue weighted by Gasteiger charge is -2.09. The molecule has 1 amide bonds. The molecule has 0 aliphatic heterocycles. The molecular formula is C21H21N3O2. The number of H-pyrrole nitrogens is 1. The number of hydrogen-bond acceptors (Lipinski definition) is 3. The highest BCUT2D eigenvalue weighted by Crippen LogP contribution is 2.31. The van der Waals surface area contributed by atoms with Gasteiger partial charge < -0.3 is 16.0 Å². The van der Waals surface area contributed by atoms with Gasteiger partial charge in [-0.2, -0.15) is 0 Å². The van der Waals surface area contributed by atoms with Crippen molar-refractivity contribution < 1.29 is 9.59 Å². The highest BCUT2D eigenvalue weighted by molar-refractivity contribution is 6.09. The molecular weight excluding hydrogens is 326 g/mol. The molecule has 0 radical (unpaired) electrons. The zero-order valence-corrected chi connectivity index (χ0v) is 14.6. The Kier molecular flexibility index (Phi) is 5.00. The van der Waals surface area contributed by atoms with Crippen molar-refractivity contribution in [1.29, 1.82) is 0 Å². The molecule has 26 heavy (non-hydrogen) atoms. The van der Waals surface area contributed by atoms with E-state index < -0.39 is 5.91 Å². The highest BCUT2D eigenvalue weighted by atomic mass is 16.1. The van der Waals surface area contributed by atoms with Crippen LogP contribution in [0, 0.1) is 0 Å². The van der Waals surface area contributed by atoms with Crippen LogP contribution >= 0.6 is 0 Å². The number of likely N-dealkylation sites (N-methyl/N-ethyl adjacent to an activating group) is 1. The molecule has 2 aromatic carbocycles. The van der Waals surface area contributed by atoms with Crippen LogP contribution in [0.3, 0.4) is 0 Å². The molecule has 1 heterocycles. The maximum Gasteiger partial charge on any atom is 0.250 e. The van der Waals surface area contributed by atoms with E-state index in [0.29, 0.717) is 24.1 Å². The summed E-state index contributed by atoms with van der Waals surface area (Å²) in [7, 11) is 1.79. The number of aromatic nitrogens is 1. The lowest BCUT2D eigenvalue weighted by Crippen LogP contribution is -2.17. The zero-order chi connectivity index (χ0) is 18.7. The summed E-state index contributed by atoms with van der Waals surface area (Å²) in [6.07, 6.45) is 2.10. The summed E-state index contributed by atoms with van der Waals surface area (Å²) < 4.78 is 0. The van der Waals surface area contributed by atoms with Gasteiger partial charge in [-0.1, -0.05) is 36.9 Å². The molecule has 0 aliphatic rings. The Morgan fingerprint density at radius 3 is 2.73 bits per heavy atom. The first-order valence-corrected chi connectivity index (χ1v) is 8.36. The van der Waals surface area contributed by atoms with Crippen LogP contribution in [-0.2, 0) is 11.2 Å². The number of Topliss-reactive ketones (excluding diaryl/α,β-unsaturated/α-hetero) is 1. The Balaban J connectivity index is 1.96. The smallest absolute Gasteiger partial charge is 0.250 e. The van der Waals surface area contributed by atoms with E-state index in [1.807, 2.05) is 36.4 Å². The number of carbonyl (C=O) groups is 2. The lowest BCUT2D eigenvalue weighted by molar-refractivity contribution is -0.115. The van der Waals surface area contributed by atoms with E-state index in [1.165, 1.54) is 0 Å². The van der Waals surface area contributed by atoms with Gasteiger partial charge in [0.2, 0.25) is 0 Å². The summed E-state index contributed by atoms with van der Waals surface area (Å²) in [4.78, 5) is 26.9. The number of nitrogens with one attached hydrogen (secondary N) is 2. The van der Waals surface area contributed by atoms with Crippen molar-refractivity contribution in [3.05, 3.63) is 71.9 Å². The van der Waals surface area contributed by atoms with Crippen LogP contribution in [0.5, 0.6) is 0 Å². The molecule has 3 rings (SSSR count). The third-order valence-corrected chi connectivity index (χ3v) is 4.38. The first-order valence-electron chi connectivity index (χ1n) is 8.36. The number of primary amides is 1. The van der Waals surface area contributed by atoms with Gasteiger partial charge in [0.15, 0.2) is 5.78 Å². The molecule has 0 atom stereocenters. The van der Waals surface area contributed by atoms with Gasteiger partial charge in [-0.15, -0.1) is 0 Å². The number of aromatic amines is 1. The average molecular weight is 347 g/mol. The summed E-state index contributed by atoms with van der Waals surface area (Å²) in [5.41, 5.74) is 10.1.